The molecule has 1 heterocycles. The first-order valence-electron chi connectivity index (χ1n) is 4.35. The molecule has 1 aliphatic rings. The van der Waals surface area contributed by atoms with Gasteiger partial charge in [0.25, 0.3) is 0 Å². The SMILES string of the molecule is CC(=O)C#CC1=CCOC(C)(C)C1. The van der Waals surface area contributed by atoms with E-state index < -0.39 is 0 Å². The normalized spacial score (nSPS) is 19.8. The molecule has 1 aliphatic heterocycles. The second-order valence-corrected chi connectivity index (χ2v) is 3.78. The van der Waals surface area contributed by atoms with Crippen molar-refractivity contribution in [3.63, 3.8) is 0 Å². The van der Waals surface area contributed by atoms with Gasteiger partial charge in [-0.25, -0.2) is 0 Å². The number of rotatable bonds is 0. The Balaban J connectivity index is 2.69. The molecule has 0 fully saturated rings. The van der Waals surface area contributed by atoms with E-state index >= 15 is 0 Å². The minimum absolute atomic E-state index is 0.0924. The third kappa shape index (κ3) is 3.43. The summed E-state index contributed by atoms with van der Waals surface area (Å²) >= 11 is 0. The van der Waals surface area contributed by atoms with Crippen LogP contribution in [0.2, 0.25) is 0 Å². The minimum atomic E-state index is -0.143. The van der Waals surface area contributed by atoms with E-state index in [1.54, 1.807) is 0 Å². The number of ether oxygens (including phenoxy) is 1. The molecule has 0 aromatic heterocycles. The fourth-order valence-corrected chi connectivity index (χ4v) is 1.21. The summed E-state index contributed by atoms with van der Waals surface area (Å²) < 4.78 is 5.47. The van der Waals surface area contributed by atoms with Crippen LogP contribution in [0.4, 0.5) is 0 Å². The quantitative estimate of drug-likeness (QED) is 0.417. The molecule has 0 N–H and O–H groups in total. The smallest absolute Gasteiger partial charge is 0.202 e. The van der Waals surface area contributed by atoms with E-state index in [2.05, 4.69) is 11.8 Å². The molecular formula is C11H14O2. The number of ketones is 1. The molecule has 2 heteroatoms. The van der Waals surface area contributed by atoms with Crippen LogP contribution in [0.25, 0.3) is 0 Å². The summed E-state index contributed by atoms with van der Waals surface area (Å²) in [4.78, 5) is 10.6. The molecule has 1 rings (SSSR count). The van der Waals surface area contributed by atoms with E-state index in [1.165, 1.54) is 6.92 Å². The molecule has 0 bridgehead atoms. The molecule has 0 spiro atoms. The van der Waals surface area contributed by atoms with Crippen LogP contribution in [-0.2, 0) is 9.53 Å². The number of carbonyl (C=O) groups excluding carboxylic acids is 1. The molecule has 0 radical (unpaired) electrons. The van der Waals surface area contributed by atoms with Crippen molar-refractivity contribution >= 4 is 5.78 Å². The van der Waals surface area contributed by atoms with Crippen molar-refractivity contribution < 1.29 is 9.53 Å². The number of carbonyl (C=O) groups is 1. The highest BCUT2D eigenvalue weighted by molar-refractivity contribution is 5.93. The van der Waals surface area contributed by atoms with Crippen LogP contribution in [0.5, 0.6) is 0 Å². The van der Waals surface area contributed by atoms with Crippen molar-refractivity contribution in [1.29, 1.82) is 0 Å². The van der Waals surface area contributed by atoms with Crippen LogP contribution in [-0.4, -0.2) is 18.0 Å². The van der Waals surface area contributed by atoms with Gasteiger partial charge in [-0.1, -0.05) is 5.92 Å². The lowest BCUT2D eigenvalue weighted by Gasteiger charge is -2.28. The molecule has 2 nitrogen and oxygen atoms in total. The summed E-state index contributed by atoms with van der Waals surface area (Å²) in [5.41, 5.74) is 0.863. The maximum Gasteiger partial charge on any atom is 0.202 e. The van der Waals surface area contributed by atoms with Crippen molar-refractivity contribution in [3.05, 3.63) is 11.6 Å². The van der Waals surface area contributed by atoms with Crippen LogP contribution in [0, 0.1) is 11.8 Å². The third-order valence-corrected chi connectivity index (χ3v) is 1.82. The van der Waals surface area contributed by atoms with E-state index in [1.807, 2.05) is 19.9 Å². The first-order chi connectivity index (χ1) is 5.99. The van der Waals surface area contributed by atoms with Gasteiger partial charge in [-0.15, -0.1) is 0 Å². The van der Waals surface area contributed by atoms with Gasteiger partial charge in [-0.05, 0) is 25.8 Å². The van der Waals surface area contributed by atoms with Gasteiger partial charge in [-0.2, -0.15) is 0 Å². The van der Waals surface area contributed by atoms with Crippen LogP contribution < -0.4 is 0 Å². The molecule has 0 amide bonds. The van der Waals surface area contributed by atoms with Gasteiger partial charge in [0.15, 0.2) is 0 Å². The maximum absolute atomic E-state index is 10.6. The monoisotopic (exact) mass is 178 g/mol. The lowest BCUT2D eigenvalue weighted by molar-refractivity contribution is -0.111. The van der Waals surface area contributed by atoms with Crippen LogP contribution in [0.15, 0.2) is 11.6 Å². The molecule has 0 aromatic carbocycles. The fraction of sp³-hybridized carbons (Fsp3) is 0.545. The summed E-state index contributed by atoms with van der Waals surface area (Å²) in [5, 5.41) is 0. The summed E-state index contributed by atoms with van der Waals surface area (Å²) in [6, 6.07) is 0. The summed E-state index contributed by atoms with van der Waals surface area (Å²) in [6.07, 6.45) is 2.72. The van der Waals surface area contributed by atoms with Crippen LogP contribution in [0.3, 0.4) is 0 Å². The van der Waals surface area contributed by atoms with Crippen molar-refractivity contribution in [2.24, 2.45) is 0 Å². The molecule has 13 heavy (non-hydrogen) atoms. The van der Waals surface area contributed by atoms with Gasteiger partial charge < -0.3 is 4.74 Å². The molecule has 70 valence electrons. The second kappa shape index (κ2) is 3.76. The highest BCUT2D eigenvalue weighted by Crippen LogP contribution is 2.23. The molecule has 0 unspecified atom stereocenters. The molecule has 0 aromatic rings. The Hall–Kier alpha value is -1.07. The number of hydrogen-bond donors (Lipinski definition) is 0. The molecule has 0 saturated carbocycles. The highest BCUT2D eigenvalue weighted by Gasteiger charge is 2.22. The highest BCUT2D eigenvalue weighted by atomic mass is 16.5. The minimum Gasteiger partial charge on any atom is -0.371 e. The Morgan fingerprint density at radius 3 is 2.85 bits per heavy atom. The second-order valence-electron chi connectivity index (χ2n) is 3.78. The Morgan fingerprint density at radius 1 is 1.62 bits per heavy atom. The van der Waals surface area contributed by atoms with E-state index in [9.17, 15) is 4.79 Å². The number of hydrogen-bond acceptors (Lipinski definition) is 2. The van der Waals surface area contributed by atoms with Crippen molar-refractivity contribution in [3.8, 4) is 11.8 Å². The zero-order valence-corrected chi connectivity index (χ0v) is 8.31. The maximum atomic E-state index is 10.6. The fourth-order valence-electron chi connectivity index (χ4n) is 1.21. The molecule has 0 atom stereocenters. The van der Waals surface area contributed by atoms with Crippen molar-refractivity contribution in [1.82, 2.24) is 0 Å². The number of Topliss-reactive ketones (excluding diaryl/α,β-unsaturated/α-hetero) is 1. The first kappa shape index (κ1) is 10.0. The Labute approximate surface area is 79.0 Å². The Kier molecular flexibility index (Phi) is 2.90. The van der Waals surface area contributed by atoms with E-state index in [0.717, 1.165) is 12.0 Å². The first-order valence-corrected chi connectivity index (χ1v) is 4.35. The molecule has 0 saturated heterocycles. The zero-order valence-electron chi connectivity index (χ0n) is 8.31. The molecular weight excluding hydrogens is 164 g/mol. The average Bonchev–Trinajstić information content (AvgIpc) is 1.99. The lowest BCUT2D eigenvalue weighted by Crippen LogP contribution is -2.28. The average molecular weight is 178 g/mol. The van der Waals surface area contributed by atoms with E-state index in [4.69, 9.17) is 4.74 Å². The van der Waals surface area contributed by atoms with Crippen LogP contribution in [0.1, 0.15) is 27.2 Å². The van der Waals surface area contributed by atoms with Crippen molar-refractivity contribution in [2.45, 2.75) is 32.8 Å². The van der Waals surface area contributed by atoms with Gasteiger partial charge in [-0.3, -0.25) is 4.79 Å². The molecule has 0 aliphatic carbocycles. The summed E-state index contributed by atoms with van der Waals surface area (Å²) in [6.45, 7) is 6.11. The largest absolute Gasteiger partial charge is 0.371 e. The zero-order chi connectivity index (χ0) is 9.90. The van der Waals surface area contributed by atoms with Crippen molar-refractivity contribution in [2.75, 3.05) is 6.61 Å². The summed E-state index contributed by atoms with van der Waals surface area (Å²) in [7, 11) is 0. The Morgan fingerprint density at radius 2 is 2.31 bits per heavy atom. The van der Waals surface area contributed by atoms with Gasteiger partial charge in [0, 0.05) is 18.9 Å². The van der Waals surface area contributed by atoms with Gasteiger partial charge in [0.1, 0.15) is 0 Å². The van der Waals surface area contributed by atoms with Gasteiger partial charge in [0.2, 0.25) is 5.78 Å². The predicted molar refractivity (Wildman–Crippen MR) is 51.2 cm³/mol. The Bertz CT molecular complexity index is 300. The van der Waals surface area contributed by atoms with Crippen LogP contribution >= 0.6 is 0 Å². The lowest BCUT2D eigenvalue weighted by atomic mass is 9.96. The predicted octanol–water partition coefficient (Wildman–Crippen LogP) is 1.70. The summed E-state index contributed by atoms with van der Waals surface area (Å²) in [5.74, 6) is 5.31. The topological polar surface area (TPSA) is 26.3 Å². The standard InChI is InChI=1S/C11H14O2/c1-9(12)4-5-10-6-7-13-11(2,3)8-10/h6H,7-8H2,1-3H3. The van der Waals surface area contributed by atoms with E-state index in [-0.39, 0.29) is 11.4 Å². The van der Waals surface area contributed by atoms with Gasteiger partial charge >= 0.3 is 0 Å². The van der Waals surface area contributed by atoms with Gasteiger partial charge in [0.05, 0.1) is 12.2 Å². The third-order valence-electron chi connectivity index (χ3n) is 1.82. The van der Waals surface area contributed by atoms with E-state index in [0.29, 0.717) is 6.61 Å².